The predicted octanol–water partition coefficient (Wildman–Crippen LogP) is 2.93. The molecule has 1 aromatic carbocycles. The normalized spacial score (nSPS) is 12.7. The molecule has 0 spiro atoms. The summed E-state index contributed by atoms with van der Waals surface area (Å²) in [7, 11) is 0. The molecule has 0 amide bonds. The summed E-state index contributed by atoms with van der Waals surface area (Å²) in [4.78, 5) is 0. The van der Waals surface area contributed by atoms with Gasteiger partial charge in [0.15, 0.2) is 0 Å². The standard InChI is InChI=1S/C15H20N2O2/c1-10(2)19-13-6-4-12(5-7-13)15(17-16)14-8-9-18-11(14)3/h4-10,15,17H,16H2,1-3H3. The zero-order valence-corrected chi connectivity index (χ0v) is 11.5. The first-order valence-corrected chi connectivity index (χ1v) is 6.38. The van der Waals surface area contributed by atoms with Gasteiger partial charge in [0, 0.05) is 5.56 Å². The van der Waals surface area contributed by atoms with Crippen LogP contribution in [-0.2, 0) is 0 Å². The number of ether oxygens (including phenoxy) is 1. The van der Waals surface area contributed by atoms with Crippen LogP contribution in [0.2, 0.25) is 0 Å². The second kappa shape index (κ2) is 5.91. The van der Waals surface area contributed by atoms with Crippen molar-refractivity contribution < 1.29 is 9.15 Å². The van der Waals surface area contributed by atoms with Gasteiger partial charge < -0.3 is 9.15 Å². The second-order valence-corrected chi connectivity index (χ2v) is 4.77. The van der Waals surface area contributed by atoms with Gasteiger partial charge in [0.1, 0.15) is 11.5 Å². The van der Waals surface area contributed by atoms with Crippen molar-refractivity contribution >= 4 is 0 Å². The molecule has 0 fully saturated rings. The van der Waals surface area contributed by atoms with Crippen LogP contribution in [0.3, 0.4) is 0 Å². The number of furan rings is 1. The summed E-state index contributed by atoms with van der Waals surface area (Å²) in [5, 5.41) is 0. The molecule has 1 heterocycles. The first-order chi connectivity index (χ1) is 9.11. The minimum atomic E-state index is -0.0770. The molecule has 2 aromatic rings. The summed E-state index contributed by atoms with van der Waals surface area (Å²) in [5.41, 5.74) is 4.94. The van der Waals surface area contributed by atoms with E-state index in [1.54, 1.807) is 6.26 Å². The minimum Gasteiger partial charge on any atom is -0.491 e. The Labute approximate surface area is 113 Å². The van der Waals surface area contributed by atoms with Gasteiger partial charge in [0.05, 0.1) is 18.4 Å². The third-order valence-corrected chi connectivity index (χ3v) is 2.96. The van der Waals surface area contributed by atoms with Crippen LogP contribution in [-0.4, -0.2) is 6.10 Å². The minimum absolute atomic E-state index is 0.0770. The molecule has 1 atom stereocenters. The first-order valence-electron chi connectivity index (χ1n) is 6.38. The summed E-state index contributed by atoms with van der Waals surface area (Å²) in [6, 6.07) is 9.78. The Kier molecular flexibility index (Phi) is 4.24. The van der Waals surface area contributed by atoms with Gasteiger partial charge in [-0.25, -0.2) is 5.43 Å². The molecule has 4 nitrogen and oxygen atoms in total. The van der Waals surface area contributed by atoms with Crippen LogP contribution < -0.4 is 16.0 Å². The highest BCUT2D eigenvalue weighted by molar-refractivity contribution is 5.36. The van der Waals surface area contributed by atoms with Gasteiger partial charge in [0.2, 0.25) is 0 Å². The molecule has 19 heavy (non-hydrogen) atoms. The van der Waals surface area contributed by atoms with Crippen molar-refractivity contribution in [2.45, 2.75) is 32.9 Å². The summed E-state index contributed by atoms with van der Waals surface area (Å²) in [6.07, 6.45) is 1.84. The lowest BCUT2D eigenvalue weighted by molar-refractivity contribution is 0.242. The van der Waals surface area contributed by atoms with Crippen molar-refractivity contribution in [3.8, 4) is 5.75 Å². The molecule has 0 aliphatic rings. The molecule has 0 radical (unpaired) electrons. The number of hydrogen-bond donors (Lipinski definition) is 2. The van der Waals surface area contributed by atoms with E-state index in [0.717, 1.165) is 22.6 Å². The maximum Gasteiger partial charge on any atom is 0.119 e. The lowest BCUT2D eigenvalue weighted by Gasteiger charge is -2.17. The Morgan fingerprint density at radius 3 is 2.32 bits per heavy atom. The van der Waals surface area contributed by atoms with Crippen molar-refractivity contribution in [1.29, 1.82) is 0 Å². The van der Waals surface area contributed by atoms with Gasteiger partial charge in [-0.15, -0.1) is 0 Å². The van der Waals surface area contributed by atoms with Crippen molar-refractivity contribution in [2.24, 2.45) is 5.84 Å². The fraction of sp³-hybridized carbons (Fsp3) is 0.333. The highest BCUT2D eigenvalue weighted by Gasteiger charge is 2.16. The molecule has 0 aliphatic carbocycles. The number of hydrogen-bond acceptors (Lipinski definition) is 4. The third kappa shape index (κ3) is 3.16. The van der Waals surface area contributed by atoms with Gasteiger partial charge in [-0.2, -0.15) is 0 Å². The number of nitrogens with one attached hydrogen (secondary N) is 1. The molecular weight excluding hydrogens is 240 g/mol. The Morgan fingerprint density at radius 1 is 1.16 bits per heavy atom. The smallest absolute Gasteiger partial charge is 0.119 e. The second-order valence-electron chi connectivity index (χ2n) is 4.77. The van der Waals surface area contributed by atoms with Gasteiger partial charge >= 0.3 is 0 Å². The lowest BCUT2D eigenvalue weighted by Crippen LogP contribution is -2.28. The molecule has 0 saturated heterocycles. The molecule has 0 aliphatic heterocycles. The van der Waals surface area contributed by atoms with Crippen molar-refractivity contribution in [2.75, 3.05) is 0 Å². The fourth-order valence-corrected chi connectivity index (χ4v) is 2.07. The third-order valence-electron chi connectivity index (χ3n) is 2.96. The molecule has 3 N–H and O–H groups in total. The van der Waals surface area contributed by atoms with Crippen LogP contribution in [0, 0.1) is 6.92 Å². The molecule has 0 saturated carbocycles. The average molecular weight is 260 g/mol. The largest absolute Gasteiger partial charge is 0.491 e. The number of aryl methyl sites for hydroxylation is 1. The van der Waals surface area contributed by atoms with E-state index < -0.39 is 0 Å². The number of rotatable bonds is 5. The maximum atomic E-state index is 5.66. The maximum absolute atomic E-state index is 5.66. The van der Waals surface area contributed by atoms with Crippen LogP contribution in [0.4, 0.5) is 0 Å². The molecule has 0 bridgehead atoms. The number of nitrogens with two attached hydrogens (primary N) is 1. The van der Waals surface area contributed by atoms with E-state index in [1.165, 1.54) is 0 Å². The fourth-order valence-electron chi connectivity index (χ4n) is 2.07. The van der Waals surface area contributed by atoms with Crippen LogP contribution in [0.25, 0.3) is 0 Å². The van der Waals surface area contributed by atoms with Crippen molar-refractivity contribution in [3.63, 3.8) is 0 Å². The Morgan fingerprint density at radius 2 is 1.84 bits per heavy atom. The zero-order chi connectivity index (χ0) is 13.8. The average Bonchev–Trinajstić information content (AvgIpc) is 2.78. The van der Waals surface area contributed by atoms with E-state index in [4.69, 9.17) is 15.0 Å². The summed E-state index contributed by atoms with van der Waals surface area (Å²) in [5.74, 6) is 7.39. The van der Waals surface area contributed by atoms with E-state index in [2.05, 4.69) is 5.43 Å². The number of benzene rings is 1. The van der Waals surface area contributed by atoms with Crippen LogP contribution in [0.15, 0.2) is 41.0 Å². The van der Waals surface area contributed by atoms with Gasteiger partial charge in [-0.05, 0) is 44.5 Å². The van der Waals surface area contributed by atoms with Crippen molar-refractivity contribution in [3.05, 3.63) is 53.5 Å². The van der Waals surface area contributed by atoms with Gasteiger partial charge in [-0.1, -0.05) is 12.1 Å². The topological polar surface area (TPSA) is 60.4 Å². The monoisotopic (exact) mass is 260 g/mol. The quantitative estimate of drug-likeness (QED) is 0.641. The molecule has 4 heteroatoms. The molecule has 2 rings (SSSR count). The van der Waals surface area contributed by atoms with E-state index in [1.807, 2.05) is 51.1 Å². The molecular formula is C15H20N2O2. The van der Waals surface area contributed by atoms with E-state index in [-0.39, 0.29) is 12.1 Å². The van der Waals surface area contributed by atoms with E-state index >= 15 is 0 Å². The van der Waals surface area contributed by atoms with Crippen LogP contribution in [0.5, 0.6) is 5.75 Å². The predicted molar refractivity (Wildman–Crippen MR) is 74.8 cm³/mol. The molecule has 1 unspecified atom stereocenters. The lowest BCUT2D eigenvalue weighted by atomic mass is 10.00. The SMILES string of the molecule is Cc1occc1C(NN)c1ccc(OC(C)C)cc1. The van der Waals surface area contributed by atoms with E-state index in [9.17, 15) is 0 Å². The highest BCUT2D eigenvalue weighted by atomic mass is 16.5. The van der Waals surface area contributed by atoms with Gasteiger partial charge in [0.25, 0.3) is 0 Å². The Bertz CT molecular complexity index is 517. The summed E-state index contributed by atoms with van der Waals surface area (Å²) >= 11 is 0. The first kappa shape index (κ1) is 13.6. The van der Waals surface area contributed by atoms with Crippen LogP contribution in [0.1, 0.15) is 36.8 Å². The van der Waals surface area contributed by atoms with Crippen LogP contribution >= 0.6 is 0 Å². The molecule has 1 aromatic heterocycles. The summed E-state index contributed by atoms with van der Waals surface area (Å²) in [6.45, 7) is 5.94. The Balaban J connectivity index is 2.22. The molecule has 102 valence electrons. The van der Waals surface area contributed by atoms with Crippen molar-refractivity contribution in [1.82, 2.24) is 5.43 Å². The van der Waals surface area contributed by atoms with Gasteiger partial charge in [-0.3, -0.25) is 5.84 Å². The van der Waals surface area contributed by atoms with E-state index in [0.29, 0.717) is 0 Å². The highest BCUT2D eigenvalue weighted by Crippen LogP contribution is 2.26. The summed E-state index contributed by atoms with van der Waals surface area (Å²) < 4.78 is 11.0. The zero-order valence-electron chi connectivity index (χ0n) is 11.5. The Hall–Kier alpha value is -1.78. The number of hydrazine groups is 1.